The van der Waals surface area contributed by atoms with Crippen LogP contribution in [0.25, 0.3) is 17.1 Å². The number of hydrogen-bond donors (Lipinski definition) is 2. The van der Waals surface area contributed by atoms with Gasteiger partial charge in [-0.25, -0.2) is 9.13 Å². The van der Waals surface area contributed by atoms with E-state index >= 15 is 0 Å². The van der Waals surface area contributed by atoms with Gasteiger partial charge in [-0.1, -0.05) is 76.7 Å². The molecule has 1 aliphatic heterocycles. The molecule has 0 bridgehead atoms. The van der Waals surface area contributed by atoms with E-state index in [9.17, 15) is 25.9 Å². The van der Waals surface area contributed by atoms with Crippen molar-refractivity contribution in [1.82, 2.24) is 4.57 Å². The summed E-state index contributed by atoms with van der Waals surface area (Å²) in [6.07, 6.45) is 6.98. The summed E-state index contributed by atoms with van der Waals surface area (Å²) in [6, 6.07) is 19.4. The molecule has 0 fully saturated rings. The Morgan fingerprint density at radius 3 is 1.75 bits per heavy atom. The molecule has 0 atom stereocenters. The first-order valence-electron chi connectivity index (χ1n) is 15.4. The molecular formula is C35H31Cl4N4O6S2+. The molecule has 0 amide bonds. The smallest absolute Gasteiger partial charge is 0.294 e. The minimum atomic E-state index is -4.30. The van der Waals surface area contributed by atoms with Crippen LogP contribution in [0, 0.1) is 0 Å². The zero-order valence-electron chi connectivity index (χ0n) is 27.1. The van der Waals surface area contributed by atoms with Crippen LogP contribution in [-0.4, -0.2) is 44.1 Å². The van der Waals surface area contributed by atoms with Crippen LogP contribution in [0.2, 0.25) is 20.1 Å². The molecule has 16 heteroatoms. The lowest BCUT2D eigenvalue weighted by Gasteiger charge is -2.23. The molecule has 0 unspecified atom stereocenters. The molecule has 0 saturated carbocycles. The van der Waals surface area contributed by atoms with Crippen molar-refractivity contribution in [3.63, 3.8) is 0 Å². The van der Waals surface area contributed by atoms with Gasteiger partial charge in [-0.15, -0.1) is 0 Å². The summed E-state index contributed by atoms with van der Waals surface area (Å²) < 4.78 is 68.9. The van der Waals surface area contributed by atoms with Gasteiger partial charge in [0.05, 0.1) is 54.8 Å². The van der Waals surface area contributed by atoms with Crippen LogP contribution in [-0.2, 0) is 46.7 Å². The second-order valence-corrected chi connectivity index (χ2v) is 16.4. The quantitative estimate of drug-likeness (QED) is 0.108. The SMILES string of the molecule is CN1C(=CC=Cc2n(CCc3ccc(S(=O)(=O)O)cc3)c3cc(Cl)c(Cl)cc3[n+]2C)N(CCc2ccc(S(=O)(=O)O)cc2)c2cc(Cl)c(Cl)cc21. The van der Waals surface area contributed by atoms with Gasteiger partial charge in [0.15, 0.2) is 11.0 Å². The predicted octanol–water partition coefficient (Wildman–Crippen LogP) is 7.87. The van der Waals surface area contributed by atoms with Crippen LogP contribution in [0.1, 0.15) is 17.0 Å². The van der Waals surface area contributed by atoms with E-state index in [1.807, 2.05) is 66.1 Å². The van der Waals surface area contributed by atoms with Crippen molar-refractivity contribution in [2.45, 2.75) is 29.2 Å². The summed E-state index contributed by atoms with van der Waals surface area (Å²) in [5.74, 6) is 1.67. The lowest BCUT2D eigenvalue weighted by atomic mass is 10.1. The zero-order chi connectivity index (χ0) is 36.8. The van der Waals surface area contributed by atoms with E-state index < -0.39 is 20.2 Å². The van der Waals surface area contributed by atoms with Gasteiger partial charge in [0.25, 0.3) is 26.1 Å². The second-order valence-electron chi connectivity index (χ2n) is 11.9. The van der Waals surface area contributed by atoms with Crippen molar-refractivity contribution >= 4 is 95.1 Å². The molecule has 10 nitrogen and oxygen atoms in total. The number of aryl methyl sites for hydroxylation is 3. The number of aromatic nitrogens is 2. The Balaban J connectivity index is 1.34. The summed E-state index contributed by atoms with van der Waals surface area (Å²) in [4.78, 5) is 3.77. The van der Waals surface area contributed by atoms with E-state index in [2.05, 4.69) is 9.47 Å². The lowest BCUT2D eigenvalue weighted by Crippen LogP contribution is -2.31. The van der Waals surface area contributed by atoms with Crippen LogP contribution >= 0.6 is 46.4 Å². The van der Waals surface area contributed by atoms with Gasteiger partial charge in [-0.2, -0.15) is 16.8 Å². The van der Waals surface area contributed by atoms with Crippen molar-refractivity contribution in [2.24, 2.45) is 7.05 Å². The van der Waals surface area contributed by atoms with E-state index in [1.54, 1.807) is 24.3 Å². The van der Waals surface area contributed by atoms with Crippen molar-refractivity contribution in [3.05, 3.63) is 128 Å². The maximum atomic E-state index is 11.5. The first-order chi connectivity index (χ1) is 24.0. The van der Waals surface area contributed by atoms with Crippen LogP contribution in [0.15, 0.2) is 101 Å². The second kappa shape index (κ2) is 14.4. The fourth-order valence-electron chi connectivity index (χ4n) is 6.11. The van der Waals surface area contributed by atoms with Crippen molar-refractivity contribution in [1.29, 1.82) is 0 Å². The molecule has 4 aromatic carbocycles. The van der Waals surface area contributed by atoms with Gasteiger partial charge in [-0.3, -0.25) is 9.11 Å². The molecule has 2 heterocycles. The highest BCUT2D eigenvalue weighted by Gasteiger charge is 2.30. The average Bonchev–Trinajstić information content (AvgIpc) is 3.47. The summed E-state index contributed by atoms with van der Waals surface area (Å²) in [5.41, 5.74) is 5.16. The van der Waals surface area contributed by atoms with Gasteiger partial charge in [-0.05, 0) is 60.0 Å². The van der Waals surface area contributed by atoms with Crippen LogP contribution in [0.4, 0.5) is 11.4 Å². The lowest BCUT2D eigenvalue weighted by molar-refractivity contribution is -0.647. The molecule has 5 aromatic rings. The number of allylic oxidation sites excluding steroid dienone is 2. The van der Waals surface area contributed by atoms with E-state index in [-0.39, 0.29) is 9.79 Å². The fraction of sp³-hybridized carbons (Fsp3) is 0.171. The van der Waals surface area contributed by atoms with E-state index in [0.717, 1.165) is 45.2 Å². The molecule has 51 heavy (non-hydrogen) atoms. The number of imidazole rings is 1. The van der Waals surface area contributed by atoms with E-state index in [1.165, 1.54) is 24.3 Å². The third-order valence-corrected chi connectivity index (χ3v) is 11.9. The normalized spacial score (nSPS) is 14.4. The zero-order valence-corrected chi connectivity index (χ0v) is 31.8. The van der Waals surface area contributed by atoms with E-state index in [4.69, 9.17) is 46.4 Å². The summed E-state index contributed by atoms with van der Waals surface area (Å²) in [7, 11) is -4.74. The highest BCUT2D eigenvalue weighted by Crippen LogP contribution is 2.45. The first kappa shape index (κ1) is 37.2. The largest absolute Gasteiger partial charge is 0.329 e. The van der Waals surface area contributed by atoms with Crippen molar-refractivity contribution in [2.75, 3.05) is 23.4 Å². The van der Waals surface area contributed by atoms with Gasteiger partial charge in [0, 0.05) is 38.2 Å². The third kappa shape index (κ3) is 7.79. The topological polar surface area (TPSA) is 124 Å². The van der Waals surface area contributed by atoms with Crippen molar-refractivity contribution < 1.29 is 30.5 Å². The summed E-state index contributed by atoms with van der Waals surface area (Å²) in [6.45, 7) is 1.03. The number of fused-ring (bicyclic) bond motifs is 2. The minimum Gasteiger partial charge on any atom is -0.329 e. The highest BCUT2D eigenvalue weighted by molar-refractivity contribution is 7.86. The molecule has 2 N–H and O–H groups in total. The maximum Gasteiger partial charge on any atom is 0.294 e. The van der Waals surface area contributed by atoms with Crippen molar-refractivity contribution in [3.8, 4) is 0 Å². The van der Waals surface area contributed by atoms with Gasteiger partial charge in [0.1, 0.15) is 5.82 Å². The fourth-order valence-corrected chi connectivity index (χ4v) is 7.70. The molecule has 1 aliphatic rings. The first-order valence-corrected chi connectivity index (χ1v) is 19.8. The van der Waals surface area contributed by atoms with Crippen LogP contribution in [0.5, 0.6) is 0 Å². The molecule has 0 saturated heterocycles. The number of benzene rings is 4. The Hall–Kier alpha value is -3.59. The summed E-state index contributed by atoms with van der Waals surface area (Å²) in [5, 5.41) is 1.65. The standard InChI is InChI=1S/C35H30Cl4N4O6S2/c1-40-30-18-26(36)28(38)20-32(30)42(16-14-22-6-10-24(11-7-22)50(44,45)46)34(40)4-3-5-35-41(2)31-19-27(37)29(39)21-33(31)43(35)17-15-23-8-12-25(13-9-23)51(47,48)49/h3-13,18-21H,14-17H2,1-2H3,(H-,44,45,46,47,48,49)/p+1. The predicted molar refractivity (Wildman–Crippen MR) is 202 cm³/mol. The number of halogens is 4. The third-order valence-electron chi connectivity index (χ3n) is 8.76. The Morgan fingerprint density at radius 1 is 0.706 bits per heavy atom. The summed E-state index contributed by atoms with van der Waals surface area (Å²) >= 11 is 25.8. The molecule has 266 valence electrons. The molecule has 0 aliphatic carbocycles. The van der Waals surface area contributed by atoms with Crippen LogP contribution < -0.4 is 14.4 Å². The molecular weight excluding hydrogens is 778 g/mol. The number of hydrogen-bond acceptors (Lipinski definition) is 6. The monoisotopic (exact) mass is 807 g/mol. The molecule has 0 spiro atoms. The number of rotatable bonds is 10. The minimum absolute atomic E-state index is 0.171. The van der Waals surface area contributed by atoms with E-state index in [0.29, 0.717) is 46.0 Å². The van der Waals surface area contributed by atoms with Crippen LogP contribution in [0.3, 0.4) is 0 Å². The Bertz CT molecular complexity index is 2450. The van der Waals surface area contributed by atoms with Gasteiger partial charge in [0.2, 0.25) is 0 Å². The number of nitrogens with zero attached hydrogens (tertiary/aromatic N) is 4. The molecule has 0 radical (unpaired) electrons. The average molecular weight is 810 g/mol. The molecule has 6 rings (SSSR count). The molecule has 1 aromatic heterocycles. The maximum absolute atomic E-state index is 11.5. The Morgan fingerprint density at radius 2 is 1.20 bits per heavy atom. The Kier molecular flexibility index (Phi) is 10.5. The van der Waals surface area contributed by atoms with Gasteiger partial charge < -0.3 is 9.80 Å². The highest BCUT2D eigenvalue weighted by atomic mass is 35.5. The number of anilines is 2. The Labute approximate surface area is 315 Å². The van der Waals surface area contributed by atoms with Gasteiger partial charge >= 0.3 is 0 Å².